The van der Waals surface area contributed by atoms with Crippen LogP contribution in [0.5, 0.6) is 0 Å². The van der Waals surface area contributed by atoms with Crippen LogP contribution in [0.1, 0.15) is 11.6 Å². The standard InChI is InChI=1S/C22H20N4O3/c27-20-17-18(15-7-3-1-4-8-15)23-22(25-11-13-29-14-12-25)24-19(17)21(28)26(20)16-9-5-2-6-10-16/h1-10,18H,11-14H2,(H,23,24)/t18-/m1/s1. The number of carbonyl (C=O) groups is 2. The van der Waals surface area contributed by atoms with E-state index < -0.39 is 6.04 Å². The largest absolute Gasteiger partial charge is 0.378 e. The van der Waals surface area contributed by atoms with Gasteiger partial charge in [0.2, 0.25) is 0 Å². The van der Waals surface area contributed by atoms with E-state index in [1.54, 1.807) is 12.1 Å². The van der Waals surface area contributed by atoms with Crippen molar-refractivity contribution in [3.63, 3.8) is 0 Å². The molecule has 1 saturated heterocycles. The summed E-state index contributed by atoms with van der Waals surface area (Å²) in [5, 5.41) is 3.15. The second-order valence-electron chi connectivity index (χ2n) is 7.06. The number of rotatable bonds is 2. The summed E-state index contributed by atoms with van der Waals surface area (Å²) < 4.78 is 5.44. The zero-order valence-electron chi connectivity index (χ0n) is 15.7. The Morgan fingerprint density at radius 2 is 1.55 bits per heavy atom. The summed E-state index contributed by atoms with van der Waals surface area (Å²) in [5.74, 6) is -0.0721. The van der Waals surface area contributed by atoms with Gasteiger partial charge < -0.3 is 15.0 Å². The van der Waals surface area contributed by atoms with Crippen LogP contribution in [0.25, 0.3) is 0 Å². The summed E-state index contributed by atoms with van der Waals surface area (Å²) in [4.78, 5) is 34.7. The van der Waals surface area contributed by atoms with Crippen molar-refractivity contribution in [2.75, 3.05) is 31.2 Å². The minimum absolute atomic E-state index is 0.309. The Morgan fingerprint density at radius 3 is 2.24 bits per heavy atom. The van der Waals surface area contributed by atoms with Gasteiger partial charge in [0.25, 0.3) is 11.8 Å². The number of benzene rings is 2. The SMILES string of the molecule is O=C1C2=C(C(=O)N1c1ccccc1)[C@@H](c1ccccc1)N=C(N1CCOCC1)N2. The highest BCUT2D eigenvalue weighted by molar-refractivity contribution is 6.34. The lowest BCUT2D eigenvalue weighted by molar-refractivity contribution is -0.120. The van der Waals surface area contributed by atoms with Crippen LogP contribution in [0, 0.1) is 0 Å². The Kier molecular flexibility index (Phi) is 4.37. The zero-order valence-corrected chi connectivity index (χ0v) is 15.7. The normalized spacial score (nSPS) is 21.8. The molecule has 1 fully saturated rings. The van der Waals surface area contributed by atoms with Gasteiger partial charge in [-0.3, -0.25) is 9.59 Å². The van der Waals surface area contributed by atoms with Gasteiger partial charge in [0, 0.05) is 13.1 Å². The fraction of sp³-hybridized carbons (Fsp3) is 0.227. The van der Waals surface area contributed by atoms with Gasteiger partial charge in [-0.2, -0.15) is 0 Å². The molecule has 2 aromatic rings. The smallest absolute Gasteiger partial charge is 0.282 e. The number of nitrogens with one attached hydrogen (secondary N) is 1. The average Bonchev–Trinajstić information content (AvgIpc) is 3.05. The molecule has 0 aromatic heterocycles. The van der Waals surface area contributed by atoms with Crippen LogP contribution < -0.4 is 10.2 Å². The Labute approximate surface area is 168 Å². The van der Waals surface area contributed by atoms with E-state index in [2.05, 4.69) is 10.2 Å². The number of guanidine groups is 1. The summed E-state index contributed by atoms with van der Waals surface area (Å²) in [6.07, 6.45) is 0. The van der Waals surface area contributed by atoms with Crippen LogP contribution in [0.15, 0.2) is 76.9 Å². The Hall–Kier alpha value is -3.45. The van der Waals surface area contributed by atoms with Gasteiger partial charge in [-0.05, 0) is 17.7 Å². The molecule has 7 nitrogen and oxygen atoms in total. The highest BCUT2D eigenvalue weighted by atomic mass is 16.5. The molecule has 0 saturated carbocycles. The van der Waals surface area contributed by atoms with Crippen molar-refractivity contribution in [1.29, 1.82) is 0 Å². The number of amides is 2. The molecule has 29 heavy (non-hydrogen) atoms. The predicted molar refractivity (Wildman–Crippen MR) is 108 cm³/mol. The van der Waals surface area contributed by atoms with Crippen molar-refractivity contribution in [3.8, 4) is 0 Å². The van der Waals surface area contributed by atoms with E-state index in [0.717, 1.165) is 5.56 Å². The number of hydrogen-bond acceptors (Lipinski definition) is 6. The summed E-state index contributed by atoms with van der Waals surface area (Å²) in [6.45, 7) is 2.57. The monoisotopic (exact) mass is 388 g/mol. The van der Waals surface area contributed by atoms with Crippen molar-refractivity contribution in [2.45, 2.75) is 6.04 Å². The maximum Gasteiger partial charge on any atom is 0.282 e. The van der Waals surface area contributed by atoms with E-state index in [1.165, 1.54) is 4.90 Å². The molecule has 2 amide bonds. The average molecular weight is 388 g/mol. The van der Waals surface area contributed by atoms with Gasteiger partial charge in [0.05, 0.1) is 24.5 Å². The lowest BCUT2D eigenvalue weighted by atomic mass is 9.97. The number of ether oxygens (including phenoxy) is 1. The summed E-state index contributed by atoms with van der Waals surface area (Å²) >= 11 is 0. The first-order chi connectivity index (χ1) is 14.2. The van der Waals surface area contributed by atoms with Crippen LogP contribution in [0.4, 0.5) is 5.69 Å². The molecule has 146 valence electrons. The first-order valence-electron chi connectivity index (χ1n) is 9.64. The molecule has 0 unspecified atom stereocenters. The molecule has 0 aliphatic carbocycles. The quantitative estimate of drug-likeness (QED) is 0.795. The van der Waals surface area contributed by atoms with Crippen molar-refractivity contribution in [2.24, 2.45) is 4.99 Å². The van der Waals surface area contributed by atoms with Crippen LogP contribution in [-0.2, 0) is 14.3 Å². The van der Waals surface area contributed by atoms with Gasteiger partial charge in [-0.15, -0.1) is 0 Å². The molecule has 3 heterocycles. The number of nitrogens with zero attached hydrogens (tertiary/aromatic N) is 3. The van der Waals surface area contributed by atoms with E-state index in [1.807, 2.05) is 48.5 Å². The molecular formula is C22H20N4O3. The summed E-state index contributed by atoms with van der Waals surface area (Å²) in [7, 11) is 0. The maximum atomic E-state index is 13.3. The molecule has 5 rings (SSSR count). The van der Waals surface area contributed by atoms with Crippen molar-refractivity contribution in [3.05, 3.63) is 77.5 Å². The van der Waals surface area contributed by atoms with Gasteiger partial charge in [0.15, 0.2) is 5.96 Å². The van der Waals surface area contributed by atoms with E-state index in [0.29, 0.717) is 49.2 Å². The first kappa shape index (κ1) is 17.6. The number of para-hydroxylation sites is 1. The molecule has 1 N–H and O–H groups in total. The van der Waals surface area contributed by atoms with Crippen molar-refractivity contribution in [1.82, 2.24) is 10.2 Å². The number of hydrogen-bond donors (Lipinski definition) is 1. The number of morpholine rings is 1. The Bertz CT molecular complexity index is 1010. The van der Waals surface area contributed by atoms with E-state index >= 15 is 0 Å². The molecule has 0 radical (unpaired) electrons. The second kappa shape index (κ2) is 7.18. The molecular weight excluding hydrogens is 368 g/mol. The van der Waals surface area contributed by atoms with Crippen LogP contribution in [-0.4, -0.2) is 49.0 Å². The number of imide groups is 1. The van der Waals surface area contributed by atoms with Crippen molar-refractivity contribution < 1.29 is 14.3 Å². The number of anilines is 1. The summed E-state index contributed by atoms with van der Waals surface area (Å²) in [6, 6.07) is 18.1. The second-order valence-corrected chi connectivity index (χ2v) is 7.06. The van der Waals surface area contributed by atoms with Crippen LogP contribution >= 0.6 is 0 Å². The van der Waals surface area contributed by atoms with E-state index in [4.69, 9.17) is 9.73 Å². The third kappa shape index (κ3) is 3.00. The Balaban J connectivity index is 1.57. The number of carbonyl (C=O) groups excluding carboxylic acids is 2. The Morgan fingerprint density at radius 1 is 0.897 bits per heavy atom. The minimum Gasteiger partial charge on any atom is -0.378 e. The van der Waals surface area contributed by atoms with Crippen LogP contribution in [0.2, 0.25) is 0 Å². The van der Waals surface area contributed by atoms with Gasteiger partial charge in [-0.25, -0.2) is 9.89 Å². The lowest BCUT2D eigenvalue weighted by Gasteiger charge is -2.33. The maximum absolute atomic E-state index is 13.3. The third-order valence-corrected chi connectivity index (χ3v) is 5.32. The molecule has 0 bridgehead atoms. The third-order valence-electron chi connectivity index (χ3n) is 5.32. The fourth-order valence-electron chi connectivity index (χ4n) is 3.88. The highest BCUT2D eigenvalue weighted by Gasteiger charge is 2.46. The molecule has 0 spiro atoms. The van der Waals surface area contributed by atoms with E-state index in [-0.39, 0.29) is 11.8 Å². The summed E-state index contributed by atoms with van der Waals surface area (Å²) in [5.41, 5.74) is 2.13. The first-order valence-corrected chi connectivity index (χ1v) is 9.64. The number of aliphatic imine (C=N–C) groups is 1. The lowest BCUT2D eigenvalue weighted by Crippen LogP contribution is -2.49. The van der Waals surface area contributed by atoms with Crippen LogP contribution in [0.3, 0.4) is 0 Å². The molecule has 1 atom stereocenters. The molecule has 3 aliphatic rings. The van der Waals surface area contributed by atoms with Gasteiger partial charge in [-0.1, -0.05) is 48.5 Å². The molecule has 2 aromatic carbocycles. The van der Waals surface area contributed by atoms with Gasteiger partial charge >= 0.3 is 0 Å². The molecule has 3 aliphatic heterocycles. The fourth-order valence-corrected chi connectivity index (χ4v) is 3.88. The highest BCUT2D eigenvalue weighted by Crippen LogP contribution is 2.38. The van der Waals surface area contributed by atoms with E-state index in [9.17, 15) is 9.59 Å². The minimum atomic E-state index is -0.532. The molecule has 7 heteroatoms. The zero-order chi connectivity index (χ0) is 19.8. The predicted octanol–water partition coefficient (Wildman–Crippen LogP) is 1.85. The topological polar surface area (TPSA) is 74.2 Å². The van der Waals surface area contributed by atoms with Gasteiger partial charge in [0.1, 0.15) is 11.7 Å². The van der Waals surface area contributed by atoms with Crippen molar-refractivity contribution >= 4 is 23.5 Å².